The fourth-order valence-electron chi connectivity index (χ4n) is 2.10. The van der Waals surface area contributed by atoms with Crippen LogP contribution in [0.15, 0.2) is 30.5 Å². The zero-order valence-corrected chi connectivity index (χ0v) is 11.0. The van der Waals surface area contributed by atoms with E-state index in [-0.39, 0.29) is 5.97 Å². The summed E-state index contributed by atoms with van der Waals surface area (Å²) in [6.07, 6.45) is 5.01. The smallest absolute Gasteiger partial charge is 0.340 e. The van der Waals surface area contributed by atoms with Crippen molar-refractivity contribution < 1.29 is 9.53 Å². The summed E-state index contributed by atoms with van der Waals surface area (Å²) in [5.41, 5.74) is 1.71. The monoisotopic (exact) mass is 245 g/mol. The number of aryl methyl sites for hydroxylation is 1. The fraction of sp³-hybridized carbons (Fsp3) is 0.400. The molecule has 1 aromatic carbocycles. The van der Waals surface area contributed by atoms with E-state index in [2.05, 4.69) is 6.92 Å². The normalized spacial score (nSPS) is 10.8. The molecule has 3 nitrogen and oxygen atoms in total. The van der Waals surface area contributed by atoms with Gasteiger partial charge in [0.15, 0.2) is 0 Å². The van der Waals surface area contributed by atoms with Crippen LogP contribution in [0.1, 0.15) is 36.5 Å². The van der Waals surface area contributed by atoms with Crippen molar-refractivity contribution in [3.05, 3.63) is 36.0 Å². The lowest BCUT2D eigenvalue weighted by molar-refractivity contribution is 0.0500. The summed E-state index contributed by atoms with van der Waals surface area (Å²) in [6, 6.07) is 7.87. The largest absolute Gasteiger partial charge is 0.462 e. The molecular formula is C15H19NO2. The van der Waals surface area contributed by atoms with Crippen molar-refractivity contribution in [3.8, 4) is 0 Å². The molecule has 0 saturated heterocycles. The number of aromatic nitrogens is 1. The fourth-order valence-corrected chi connectivity index (χ4v) is 2.10. The molecule has 0 aliphatic carbocycles. The van der Waals surface area contributed by atoms with Crippen LogP contribution in [0, 0.1) is 0 Å². The first-order valence-corrected chi connectivity index (χ1v) is 6.45. The Labute approximate surface area is 107 Å². The van der Waals surface area contributed by atoms with Crippen LogP contribution < -0.4 is 0 Å². The van der Waals surface area contributed by atoms with E-state index in [4.69, 9.17) is 4.74 Å². The number of fused-ring (bicyclic) bond motifs is 1. The second-order valence-electron chi connectivity index (χ2n) is 4.51. The predicted molar refractivity (Wildman–Crippen MR) is 72.7 cm³/mol. The molecule has 96 valence electrons. The van der Waals surface area contributed by atoms with Crippen LogP contribution in [0.25, 0.3) is 10.9 Å². The summed E-state index contributed by atoms with van der Waals surface area (Å²) in [4.78, 5) is 12.0. The predicted octanol–water partition coefficient (Wildman–Crippen LogP) is 3.53. The highest BCUT2D eigenvalue weighted by Gasteiger charge is 2.14. The highest BCUT2D eigenvalue weighted by molar-refractivity contribution is 6.04. The molecule has 0 fully saturated rings. The van der Waals surface area contributed by atoms with Gasteiger partial charge in [-0.3, -0.25) is 0 Å². The van der Waals surface area contributed by atoms with E-state index < -0.39 is 0 Å². The van der Waals surface area contributed by atoms with Crippen molar-refractivity contribution in [2.24, 2.45) is 7.05 Å². The third kappa shape index (κ3) is 2.55. The van der Waals surface area contributed by atoms with Crippen molar-refractivity contribution in [3.63, 3.8) is 0 Å². The van der Waals surface area contributed by atoms with Gasteiger partial charge in [0.1, 0.15) is 0 Å². The average molecular weight is 245 g/mol. The summed E-state index contributed by atoms with van der Waals surface area (Å²) < 4.78 is 7.26. The van der Waals surface area contributed by atoms with E-state index in [0.717, 1.165) is 30.2 Å². The second kappa shape index (κ2) is 5.71. The Hall–Kier alpha value is -1.77. The maximum Gasteiger partial charge on any atom is 0.340 e. The summed E-state index contributed by atoms with van der Waals surface area (Å²) in [5.74, 6) is -0.220. The van der Waals surface area contributed by atoms with E-state index in [1.54, 1.807) is 0 Å². The Morgan fingerprint density at radius 2 is 2.06 bits per heavy atom. The van der Waals surface area contributed by atoms with Gasteiger partial charge in [0, 0.05) is 24.1 Å². The zero-order chi connectivity index (χ0) is 13.0. The first kappa shape index (κ1) is 12.7. The molecule has 3 heteroatoms. The zero-order valence-electron chi connectivity index (χ0n) is 11.0. The molecule has 0 spiro atoms. The van der Waals surface area contributed by atoms with Gasteiger partial charge in [0.05, 0.1) is 12.2 Å². The molecule has 0 atom stereocenters. The Morgan fingerprint density at radius 3 is 2.83 bits per heavy atom. The third-order valence-electron chi connectivity index (χ3n) is 3.10. The summed E-state index contributed by atoms with van der Waals surface area (Å²) in [5, 5.41) is 0.959. The molecule has 1 aromatic heterocycles. The van der Waals surface area contributed by atoms with Gasteiger partial charge in [-0.2, -0.15) is 0 Å². The van der Waals surface area contributed by atoms with E-state index in [1.807, 2.05) is 42.1 Å². The highest BCUT2D eigenvalue weighted by Crippen LogP contribution is 2.21. The number of nitrogens with zero attached hydrogens (tertiary/aromatic N) is 1. The lowest BCUT2D eigenvalue weighted by atomic mass is 10.2. The molecule has 0 N–H and O–H groups in total. The van der Waals surface area contributed by atoms with Crippen LogP contribution in [0.2, 0.25) is 0 Å². The SMILES string of the molecule is CCCCCOC(=O)c1cn(C)c2ccccc12. The second-order valence-corrected chi connectivity index (χ2v) is 4.51. The number of benzene rings is 1. The van der Waals surface area contributed by atoms with Crippen LogP contribution in [-0.2, 0) is 11.8 Å². The van der Waals surface area contributed by atoms with Gasteiger partial charge in [-0.25, -0.2) is 4.79 Å². The summed E-state index contributed by atoms with van der Waals surface area (Å²) >= 11 is 0. The first-order chi connectivity index (χ1) is 8.74. The highest BCUT2D eigenvalue weighted by atomic mass is 16.5. The topological polar surface area (TPSA) is 31.2 Å². The van der Waals surface area contributed by atoms with E-state index in [9.17, 15) is 4.79 Å². The molecule has 2 rings (SSSR count). The molecule has 18 heavy (non-hydrogen) atoms. The molecule has 0 radical (unpaired) electrons. The molecular weight excluding hydrogens is 226 g/mol. The number of carbonyl (C=O) groups is 1. The maximum absolute atomic E-state index is 12.0. The van der Waals surface area contributed by atoms with E-state index in [1.165, 1.54) is 0 Å². The minimum Gasteiger partial charge on any atom is -0.462 e. The van der Waals surface area contributed by atoms with Crippen LogP contribution in [0.5, 0.6) is 0 Å². The molecule has 0 bridgehead atoms. The van der Waals surface area contributed by atoms with Gasteiger partial charge in [0.2, 0.25) is 0 Å². The number of unbranched alkanes of at least 4 members (excludes halogenated alkanes) is 2. The Kier molecular flexibility index (Phi) is 4.03. The van der Waals surface area contributed by atoms with Crippen molar-refractivity contribution in [1.82, 2.24) is 4.57 Å². The lowest BCUT2D eigenvalue weighted by Gasteiger charge is -2.02. The number of esters is 1. The van der Waals surface area contributed by atoms with Crippen molar-refractivity contribution in [1.29, 1.82) is 0 Å². The third-order valence-corrected chi connectivity index (χ3v) is 3.10. The van der Waals surface area contributed by atoms with Crippen LogP contribution in [0.4, 0.5) is 0 Å². The Bertz CT molecular complexity index is 542. The molecule has 0 amide bonds. The number of hydrogen-bond donors (Lipinski definition) is 0. The Morgan fingerprint density at radius 1 is 1.28 bits per heavy atom. The minimum absolute atomic E-state index is 0.220. The quantitative estimate of drug-likeness (QED) is 0.596. The molecule has 0 saturated carbocycles. The molecule has 0 unspecified atom stereocenters. The summed E-state index contributed by atoms with van der Waals surface area (Å²) in [6.45, 7) is 2.64. The number of rotatable bonds is 5. The maximum atomic E-state index is 12.0. The van der Waals surface area contributed by atoms with E-state index in [0.29, 0.717) is 12.2 Å². The lowest BCUT2D eigenvalue weighted by Crippen LogP contribution is -2.05. The van der Waals surface area contributed by atoms with Crippen LogP contribution in [-0.4, -0.2) is 17.1 Å². The number of hydrogen-bond acceptors (Lipinski definition) is 2. The standard InChI is InChI=1S/C15H19NO2/c1-3-4-7-10-18-15(17)13-11-16(2)14-9-6-5-8-12(13)14/h5-6,8-9,11H,3-4,7,10H2,1-2H3. The van der Waals surface area contributed by atoms with Crippen molar-refractivity contribution >= 4 is 16.9 Å². The van der Waals surface area contributed by atoms with Gasteiger partial charge in [-0.1, -0.05) is 38.0 Å². The van der Waals surface area contributed by atoms with Crippen LogP contribution in [0.3, 0.4) is 0 Å². The number of carbonyl (C=O) groups excluding carboxylic acids is 1. The van der Waals surface area contributed by atoms with Gasteiger partial charge in [0.25, 0.3) is 0 Å². The molecule has 0 aliphatic heterocycles. The summed E-state index contributed by atoms with van der Waals surface area (Å²) in [7, 11) is 1.94. The van der Waals surface area contributed by atoms with Gasteiger partial charge < -0.3 is 9.30 Å². The van der Waals surface area contributed by atoms with Crippen molar-refractivity contribution in [2.75, 3.05) is 6.61 Å². The number of para-hydroxylation sites is 1. The van der Waals surface area contributed by atoms with Gasteiger partial charge in [-0.05, 0) is 12.5 Å². The molecule has 2 aromatic rings. The van der Waals surface area contributed by atoms with Gasteiger partial charge in [-0.15, -0.1) is 0 Å². The first-order valence-electron chi connectivity index (χ1n) is 6.45. The van der Waals surface area contributed by atoms with Crippen LogP contribution >= 0.6 is 0 Å². The van der Waals surface area contributed by atoms with Crippen molar-refractivity contribution in [2.45, 2.75) is 26.2 Å². The van der Waals surface area contributed by atoms with E-state index >= 15 is 0 Å². The average Bonchev–Trinajstić information content (AvgIpc) is 2.73. The van der Waals surface area contributed by atoms with Gasteiger partial charge >= 0.3 is 5.97 Å². The molecule has 0 aliphatic rings. The number of ether oxygens (including phenoxy) is 1. The Balaban J connectivity index is 2.13. The molecule has 1 heterocycles. The minimum atomic E-state index is -0.220.